The second-order valence-electron chi connectivity index (χ2n) is 5.83. The average molecular weight is 283 g/mol. The second-order valence-corrected chi connectivity index (χ2v) is 5.83. The molecule has 0 saturated carbocycles. The van der Waals surface area contributed by atoms with Gasteiger partial charge in [0.15, 0.2) is 0 Å². The van der Waals surface area contributed by atoms with Crippen LogP contribution in [0.1, 0.15) is 34.6 Å². The summed E-state index contributed by atoms with van der Waals surface area (Å²) in [6, 6.07) is -0.696. The van der Waals surface area contributed by atoms with Gasteiger partial charge in [0.25, 0.3) is 0 Å². The molecular weight excluding hydrogens is 262 g/mol. The van der Waals surface area contributed by atoms with Crippen molar-refractivity contribution in [3.05, 3.63) is 6.33 Å². The van der Waals surface area contributed by atoms with Gasteiger partial charge in [-0.15, -0.1) is 5.10 Å². The molecule has 0 saturated heterocycles. The number of carbonyl (C=O) groups excluding carboxylic acids is 2. The summed E-state index contributed by atoms with van der Waals surface area (Å²) < 4.78 is 6.58. The minimum atomic E-state index is -0.696. The highest BCUT2D eigenvalue weighted by atomic mass is 16.6. The van der Waals surface area contributed by atoms with Crippen LogP contribution in [0.25, 0.3) is 0 Å². The number of aromatic nitrogens is 4. The Labute approximate surface area is 117 Å². The summed E-state index contributed by atoms with van der Waals surface area (Å²) in [5.41, 5.74) is -0.592. The summed E-state index contributed by atoms with van der Waals surface area (Å²) >= 11 is 0. The summed E-state index contributed by atoms with van der Waals surface area (Å²) in [7, 11) is 0. The van der Waals surface area contributed by atoms with E-state index in [2.05, 4.69) is 20.8 Å². The number of amides is 1. The van der Waals surface area contributed by atoms with Crippen LogP contribution in [0.4, 0.5) is 0 Å². The molecular formula is C12H21N5O3. The lowest BCUT2D eigenvalue weighted by Gasteiger charge is -2.26. The van der Waals surface area contributed by atoms with Crippen LogP contribution in [0.5, 0.6) is 0 Å². The van der Waals surface area contributed by atoms with Crippen LogP contribution in [0.3, 0.4) is 0 Å². The summed E-state index contributed by atoms with van der Waals surface area (Å²) in [5, 5.41) is 13.1. The van der Waals surface area contributed by atoms with E-state index in [1.165, 1.54) is 11.0 Å². The molecule has 0 aliphatic carbocycles. The summed E-state index contributed by atoms with van der Waals surface area (Å²) in [5.74, 6) is -0.873. The zero-order valence-corrected chi connectivity index (χ0v) is 12.5. The fraction of sp³-hybridized carbons (Fsp3) is 0.750. The zero-order chi connectivity index (χ0) is 15.3. The molecule has 0 aromatic carbocycles. The van der Waals surface area contributed by atoms with E-state index >= 15 is 0 Å². The number of ether oxygens (including phenoxy) is 1. The van der Waals surface area contributed by atoms with Crippen molar-refractivity contribution < 1.29 is 14.3 Å². The molecule has 0 spiro atoms. The van der Waals surface area contributed by atoms with Crippen LogP contribution in [0, 0.1) is 5.92 Å². The van der Waals surface area contributed by atoms with Crippen molar-refractivity contribution in [3.63, 3.8) is 0 Å². The highest BCUT2D eigenvalue weighted by Crippen LogP contribution is 2.12. The first-order chi connectivity index (χ1) is 9.19. The Balaban J connectivity index is 2.63. The van der Waals surface area contributed by atoms with Gasteiger partial charge in [-0.3, -0.25) is 4.79 Å². The van der Waals surface area contributed by atoms with Crippen molar-refractivity contribution in [1.82, 2.24) is 25.5 Å². The molecule has 0 aliphatic heterocycles. The van der Waals surface area contributed by atoms with Gasteiger partial charge in [-0.25, -0.2) is 9.48 Å². The Hall–Kier alpha value is -1.99. The molecule has 1 N–H and O–H groups in total. The van der Waals surface area contributed by atoms with Gasteiger partial charge in [0.05, 0.1) is 0 Å². The van der Waals surface area contributed by atoms with E-state index in [1.54, 1.807) is 20.8 Å². The average Bonchev–Trinajstić information content (AvgIpc) is 2.75. The highest BCUT2D eigenvalue weighted by molar-refractivity contribution is 5.84. The fourth-order valence-electron chi connectivity index (χ4n) is 1.48. The number of nitrogens with zero attached hydrogens (tertiary/aromatic N) is 4. The molecule has 1 heterocycles. The number of tetrazole rings is 1. The van der Waals surface area contributed by atoms with Gasteiger partial charge in [-0.2, -0.15) is 0 Å². The van der Waals surface area contributed by atoms with Gasteiger partial charge >= 0.3 is 5.97 Å². The van der Waals surface area contributed by atoms with Crippen LogP contribution in [0.2, 0.25) is 0 Å². The Morgan fingerprint density at radius 1 is 1.35 bits per heavy atom. The first-order valence-corrected chi connectivity index (χ1v) is 6.42. The number of carbonyl (C=O) groups is 2. The SMILES string of the molecule is CC(C)[C@H](NC(=O)Cn1cnnn1)C(=O)OC(C)(C)C. The molecule has 1 amide bonds. The molecule has 0 bridgehead atoms. The summed E-state index contributed by atoms with van der Waals surface area (Å²) in [6.45, 7) is 8.98. The molecule has 0 unspecified atom stereocenters. The third-order valence-electron chi connectivity index (χ3n) is 2.34. The molecule has 8 nitrogen and oxygen atoms in total. The maximum atomic E-state index is 12.1. The quantitative estimate of drug-likeness (QED) is 0.773. The largest absolute Gasteiger partial charge is 0.458 e. The van der Waals surface area contributed by atoms with Crippen molar-refractivity contribution in [2.75, 3.05) is 0 Å². The number of rotatable bonds is 5. The molecule has 20 heavy (non-hydrogen) atoms. The Kier molecular flexibility index (Phi) is 5.18. The van der Waals surface area contributed by atoms with Crippen LogP contribution in [-0.2, 0) is 20.9 Å². The molecule has 0 fully saturated rings. The van der Waals surface area contributed by atoms with E-state index in [0.29, 0.717) is 0 Å². The third kappa shape index (κ3) is 5.33. The van der Waals surface area contributed by atoms with Gasteiger partial charge < -0.3 is 10.1 Å². The van der Waals surface area contributed by atoms with E-state index in [0.717, 1.165) is 0 Å². The van der Waals surface area contributed by atoms with E-state index in [4.69, 9.17) is 4.74 Å². The highest BCUT2D eigenvalue weighted by Gasteiger charge is 2.29. The van der Waals surface area contributed by atoms with Gasteiger partial charge in [0.2, 0.25) is 5.91 Å². The van der Waals surface area contributed by atoms with Gasteiger partial charge in [0, 0.05) is 0 Å². The third-order valence-corrected chi connectivity index (χ3v) is 2.34. The van der Waals surface area contributed by atoms with E-state index < -0.39 is 17.6 Å². The van der Waals surface area contributed by atoms with Crippen molar-refractivity contribution in [1.29, 1.82) is 0 Å². The van der Waals surface area contributed by atoms with E-state index in [-0.39, 0.29) is 18.4 Å². The normalized spacial score (nSPS) is 13.1. The van der Waals surface area contributed by atoms with Gasteiger partial charge in [-0.05, 0) is 37.1 Å². The number of hydrogen-bond donors (Lipinski definition) is 1. The maximum absolute atomic E-state index is 12.1. The molecule has 8 heteroatoms. The van der Waals surface area contributed by atoms with Crippen molar-refractivity contribution >= 4 is 11.9 Å². The Morgan fingerprint density at radius 3 is 2.45 bits per heavy atom. The van der Waals surface area contributed by atoms with E-state index in [1.807, 2.05) is 13.8 Å². The zero-order valence-electron chi connectivity index (χ0n) is 12.5. The predicted molar refractivity (Wildman–Crippen MR) is 70.4 cm³/mol. The second kappa shape index (κ2) is 6.44. The molecule has 0 radical (unpaired) electrons. The molecule has 112 valence electrons. The first-order valence-electron chi connectivity index (χ1n) is 6.42. The maximum Gasteiger partial charge on any atom is 0.329 e. The topological polar surface area (TPSA) is 99.0 Å². The summed E-state index contributed by atoms with van der Waals surface area (Å²) in [6.07, 6.45) is 1.33. The number of hydrogen-bond acceptors (Lipinski definition) is 6. The van der Waals surface area contributed by atoms with E-state index in [9.17, 15) is 9.59 Å². The lowest BCUT2D eigenvalue weighted by Crippen LogP contribution is -2.48. The Bertz CT molecular complexity index is 450. The van der Waals surface area contributed by atoms with Crippen molar-refractivity contribution in [2.24, 2.45) is 5.92 Å². The predicted octanol–water partition coefficient (Wildman–Crippen LogP) is 0.156. The van der Waals surface area contributed by atoms with Crippen LogP contribution in [0.15, 0.2) is 6.33 Å². The minimum Gasteiger partial charge on any atom is -0.458 e. The smallest absolute Gasteiger partial charge is 0.329 e. The molecule has 0 aliphatic rings. The van der Waals surface area contributed by atoms with Gasteiger partial charge in [0.1, 0.15) is 24.5 Å². The van der Waals surface area contributed by atoms with Crippen molar-refractivity contribution in [3.8, 4) is 0 Å². The van der Waals surface area contributed by atoms with Crippen LogP contribution >= 0.6 is 0 Å². The lowest BCUT2D eigenvalue weighted by molar-refractivity contribution is -0.160. The standard InChI is InChI=1S/C12H21N5O3/c1-8(2)10(11(19)20-12(3,4)5)14-9(18)6-17-7-13-15-16-17/h7-8,10H,6H2,1-5H3,(H,14,18)/t10-/m0/s1. The molecule has 1 rings (SSSR count). The first kappa shape index (κ1) is 16.1. The van der Waals surface area contributed by atoms with Crippen LogP contribution < -0.4 is 5.32 Å². The van der Waals surface area contributed by atoms with Crippen LogP contribution in [-0.4, -0.2) is 43.7 Å². The molecule has 1 aromatic heterocycles. The lowest BCUT2D eigenvalue weighted by atomic mass is 10.0. The fourth-order valence-corrected chi connectivity index (χ4v) is 1.48. The summed E-state index contributed by atoms with van der Waals surface area (Å²) in [4.78, 5) is 23.9. The molecule has 1 aromatic rings. The number of esters is 1. The monoisotopic (exact) mass is 283 g/mol. The van der Waals surface area contributed by atoms with Gasteiger partial charge in [-0.1, -0.05) is 13.8 Å². The Morgan fingerprint density at radius 2 is 2.00 bits per heavy atom. The molecule has 1 atom stereocenters. The minimum absolute atomic E-state index is 0.0426. The number of nitrogens with one attached hydrogen (secondary N) is 1. The van der Waals surface area contributed by atoms with Crippen molar-refractivity contribution in [2.45, 2.75) is 52.8 Å².